The number of nitrogens with one attached hydrogen (secondary N) is 1. The largest absolute Gasteiger partial charge is 0.493 e. The van der Waals surface area contributed by atoms with Gasteiger partial charge in [-0.2, -0.15) is 5.10 Å². The number of hydrazone groups is 1. The highest BCUT2D eigenvalue weighted by Crippen LogP contribution is 2.36. The zero-order valence-corrected chi connectivity index (χ0v) is 14.9. The molecule has 2 amide bonds. The molecule has 7 nitrogen and oxygen atoms in total. The lowest BCUT2D eigenvalue weighted by Gasteiger charge is -2.13. The number of hydrogen-bond acceptors (Lipinski definition) is 5. The van der Waals surface area contributed by atoms with Gasteiger partial charge in [-0.25, -0.2) is 5.43 Å². The van der Waals surface area contributed by atoms with Gasteiger partial charge in [-0.05, 0) is 39.2 Å². The molecule has 0 aromatic heterocycles. The molecule has 0 aliphatic heterocycles. The molecule has 0 aliphatic rings. The van der Waals surface area contributed by atoms with Crippen LogP contribution in [0.1, 0.15) is 11.1 Å². The van der Waals surface area contributed by atoms with E-state index in [-0.39, 0.29) is 0 Å². The summed E-state index contributed by atoms with van der Waals surface area (Å²) in [6, 6.07) is 13.2. The Balaban J connectivity index is 2.13. The van der Waals surface area contributed by atoms with E-state index in [0.717, 1.165) is 5.56 Å². The number of carbonyl (C=O) groups is 2. The van der Waals surface area contributed by atoms with E-state index >= 15 is 0 Å². The Hall–Kier alpha value is -2.87. The highest BCUT2D eigenvalue weighted by Gasteiger charge is 2.12. The molecule has 2 aromatic carbocycles. The minimum atomic E-state index is -1.11. The van der Waals surface area contributed by atoms with Crippen LogP contribution in [0.25, 0.3) is 0 Å². The van der Waals surface area contributed by atoms with Gasteiger partial charge in [0, 0.05) is 0 Å². The number of halogens is 1. The molecule has 130 valence electrons. The van der Waals surface area contributed by atoms with Crippen molar-refractivity contribution in [2.45, 2.75) is 6.61 Å². The van der Waals surface area contributed by atoms with Gasteiger partial charge < -0.3 is 15.2 Å². The second-order valence-electron chi connectivity index (χ2n) is 4.87. The first kappa shape index (κ1) is 18.5. The Morgan fingerprint density at radius 2 is 2.00 bits per heavy atom. The minimum Gasteiger partial charge on any atom is -0.493 e. The second-order valence-corrected chi connectivity index (χ2v) is 5.73. The van der Waals surface area contributed by atoms with Crippen molar-refractivity contribution in [2.75, 3.05) is 7.11 Å². The lowest BCUT2D eigenvalue weighted by molar-refractivity contribution is -0.137. The van der Waals surface area contributed by atoms with Crippen LogP contribution in [0.4, 0.5) is 0 Å². The third-order valence-electron chi connectivity index (χ3n) is 3.08. The summed E-state index contributed by atoms with van der Waals surface area (Å²) in [7, 11) is 1.52. The molecule has 2 aromatic rings. The zero-order chi connectivity index (χ0) is 18.2. The van der Waals surface area contributed by atoms with Gasteiger partial charge in [-0.3, -0.25) is 9.59 Å². The number of benzene rings is 2. The average Bonchev–Trinajstić information content (AvgIpc) is 2.61. The quantitative estimate of drug-likeness (QED) is 0.435. The van der Waals surface area contributed by atoms with Crippen molar-refractivity contribution in [1.82, 2.24) is 5.43 Å². The Morgan fingerprint density at radius 3 is 2.64 bits per heavy atom. The number of primary amides is 1. The number of amides is 2. The minimum absolute atomic E-state index is 0.387. The fraction of sp³-hybridized carbons (Fsp3) is 0.118. The Kier molecular flexibility index (Phi) is 6.53. The van der Waals surface area contributed by atoms with Crippen LogP contribution < -0.4 is 20.6 Å². The third-order valence-corrected chi connectivity index (χ3v) is 3.67. The van der Waals surface area contributed by atoms with E-state index in [9.17, 15) is 9.59 Å². The molecule has 0 bridgehead atoms. The van der Waals surface area contributed by atoms with Crippen molar-refractivity contribution in [3.05, 3.63) is 58.1 Å². The van der Waals surface area contributed by atoms with Crippen LogP contribution >= 0.6 is 15.9 Å². The number of methoxy groups -OCH3 is 1. The summed E-state index contributed by atoms with van der Waals surface area (Å²) in [6.07, 6.45) is 1.36. The molecule has 0 fully saturated rings. The number of ether oxygens (including phenoxy) is 2. The summed E-state index contributed by atoms with van der Waals surface area (Å²) in [4.78, 5) is 21.7. The highest BCUT2D eigenvalue weighted by atomic mass is 79.9. The van der Waals surface area contributed by atoms with E-state index in [1.54, 1.807) is 12.1 Å². The van der Waals surface area contributed by atoms with Crippen LogP contribution in [0.15, 0.2) is 52.0 Å². The van der Waals surface area contributed by atoms with Crippen molar-refractivity contribution in [3.8, 4) is 11.5 Å². The van der Waals surface area contributed by atoms with Crippen molar-refractivity contribution >= 4 is 34.0 Å². The molecule has 25 heavy (non-hydrogen) atoms. The summed E-state index contributed by atoms with van der Waals surface area (Å²) in [5.41, 5.74) is 8.48. The summed E-state index contributed by atoms with van der Waals surface area (Å²) in [5.74, 6) is -1.07. The van der Waals surface area contributed by atoms with Crippen molar-refractivity contribution in [3.63, 3.8) is 0 Å². The molecule has 3 N–H and O–H groups in total. The first-order valence-electron chi connectivity index (χ1n) is 7.18. The summed E-state index contributed by atoms with van der Waals surface area (Å²) in [5, 5.41) is 3.66. The molecular weight excluding hydrogens is 390 g/mol. The van der Waals surface area contributed by atoms with Crippen LogP contribution in [-0.2, 0) is 16.2 Å². The summed E-state index contributed by atoms with van der Waals surface area (Å²) in [6.45, 7) is 0.387. The Bertz CT molecular complexity index is 794. The maximum absolute atomic E-state index is 11.0. The number of rotatable bonds is 6. The molecule has 0 radical (unpaired) electrons. The molecule has 2 rings (SSSR count). The lowest BCUT2D eigenvalue weighted by atomic mass is 10.2. The van der Waals surface area contributed by atoms with E-state index in [4.69, 9.17) is 15.2 Å². The first-order valence-corrected chi connectivity index (χ1v) is 7.97. The number of nitrogens with two attached hydrogens (primary N) is 1. The van der Waals surface area contributed by atoms with Crippen LogP contribution in [0.2, 0.25) is 0 Å². The van der Waals surface area contributed by atoms with E-state index in [0.29, 0.717) is 28.1 Å². The summed E-state index contributed by atoms with van der Waals surface area (Å²) >= 11 is 3.43. The molecule has 0 saturated carbocycles. The predicted octanol–water partition coefficient (Wildman–Crippen LogP) is 1.97. The van der Waals surface area contributed by atoms with Crippen molar-refractivity contribution in [2.24, 2.45) is 10.8 Å². The smallest absolute Gasteiger partial charge is 0.329 e. The van der Waals surface area contributed by atoms with Crippen LogP contribution in [0.5, 0.6) is 11.5 Å². The molecule has 0 spiro atoms. The molecule has 0 heterocycles. The fourth-order valence-corrected chi connectivity index (χ4v) is 2.48. The number of carbonyl (C=O) groups excluding carboxylic acids is 2. The van der Waals surface area contributed by atoms with Gasteiger partial charge >= 0.3 is 11.8 Å². The van der Waals surface area contributed by atoms with Gasteiger partial charge in [-0.1, -0.05) is 30.3 Å². The van der Waals surface area contributed by atoms with Crippen molar-refractivity contribution in [1.29, 1.82) is 0 Å². The van der Waals surface area contributed by atoms with Crippen LogP contribution in [-0.4, -0.2) is 25.1 Å². The molecule has 0 atom stereocenters. The average molecular weight is 406 g/mol. The van der Waals surface area contributed by atoms with Gasteiger partial charge in [-0.15, -0.1) is 0 Å². The van der Waals surface area contributed by atoms with Crippen molar-refractivity contribution < 1.29 is 19.1 Å². The highest BCUT2D eigenvalue weighted by molar-refractivity contribution is 9.10. The van der Waals surface area contributed by atoms with Gasteiger partial charge in [0.15, 0.2) is 11.5 Å². The van der Waals surface area contributed by atoms with Gasteiger partial charge in [0.25, 0.3) is 0 Å². The predicted molar refractivity (Wildman–Crippen MR) is 96.4 cm³/mol. The van der Waals surface area contributed by atoms with Crippen LogP contribution in [0, 0.1) is 0 Å². The maximum atomic E-state index is 11.0. The Labute approximate surface area is 152 Å². The van der Waals surface area contributed by atoms with Crippen LogP contribution in [0.3, 0.4) is 0 Å². The van der Waals surface area contributed by atoms with Gasteiger partial charge in [0.1, 0.15) is 6.61 Å². The third kappa shape index (κ3) is 5.32. The number of nitrogens with zero attached hydrogens (tertiary/aromatic N) is 1. The fourth-order valence-electron chi connectivity index (χ4n) is 1.90. The molecule has 0 saturated heterocycles. The maximum Gasteiger partial charge on any atom is 0.329 e. The normalized spacial score (nSPS) is 10.5. The topological polar surface area (TPSA) is 103 Å². The SMILES string of the molecule is COc1cc(/C=N\NC(=O)C(N)=O)cc(Br)c1OCc1ccccc1. The first-order chi connectivity index (χ1) is 12.0. The standard InChI is InChI=1S/C17H16BrN3O4/c1-24-14-8-12(9-20-21-17(23)16(19)22)7-13(18)15(14)25-10-11-5-3-2-4-6-11/h2-9H,10H2,1H3,(H2,19,22)(H,21,23)/b20-9-. The molecule has 0 unspecified atom stereocenters. The molecule has 0 aliphatic carbocycles. The van der Waals surface area contributed by atoms with E-state index < -0.39 is 11.8 Å². The van der Waals surface area contributed by atoms with E-state index in [1.165, 1.54) is 13.3 Å². The molecule has 8 heteroatoms. The molecular formula is C17H16BrN3O4. The van der Waals surface area contributed by atoms with E-state index in [2.05, 4.69) is 21.0 Å². The second kappa shape index (κ2) is 8.84. The Morgan fingerprint density at radius 1 is 1.28 bits per heavy atom. The van der Waals surface area contributed by atoms with E-state index in [1.807, 2.05) is 35.8 Å². The monoisotopic (exact) mass is 405 g/mol. The van der Waals surface area contributed by atoms with Gasteiger partial charge in [0.2, 0.25) is 0 Å². The zero-order valence-electron chi connectivity index (χ0n) is 13.4. The van der Waals surface area contributed by atoms with Gasteiger partial charge in [0.05, 0.1) is 17.8 Å². The summed E-state index contributed by atoms with van der Waals surface area (Å²) < 4.78 is 11.8. The lowest BCUT2D eigenvalue weighted by Crippen LogP contribution is -2.32. The number of hydrogen-bond donors (Lipinski definition) is 2.